The molecule has 0 amide bonds. The first-order chi connectivity index (χ1) is 11.6. The lowest BCUT2D eigenvalue weighted by Gasteiger charge is -2.33. The summed E-state index contributed by atoms with van der Waals surface area (Å²) in [4.78, 5) is 27.9. The number of allylic oxidation sites excluding steroid dienone is 2. The lowest BCUT2D eigenvalue weighted by molar-refractivity contribution is -0.385. The fourth-order valence-corrected chi connectivity index (χ4v) is 3.52. The van der Waals surface area contributed by atoms with Crippen LogP contribution in [-0.4, -0.2) is 25.5 Å². The summed E-state index contributed by atoms with van der Waals surface area (Å²) in [6.45, 7) is 2.02. The molecular formula is C16H15N5O3. The molecule has 1 aromatic carbocycles. The molecule has 8 heteroatoms. The molecule has 1 aliphatic heterocycles. The normalized spacial score (nSPS) is 22.6. The van der Waals surface area contributed by atoms with Gasteiger partial charge < -0.3 is 5.32 Å². The zero-order valence-corrected chi connectivity index (χ0v) is 13.0. The topological polar surface area (TPSA) is 103 Å². The third-order valence-electron chi connectivity index (χ3n) is 4.49. The number of para-hydroxylation sites is 1. The van der Waals surface area contributed by atoms with E-state index in [-0.39, 0.29) is 17.4 Å². The second kappa shape index (κ2) is 5.26. The van der Waals surface area contributed by atoms with Crippen LogP contribution in [0.15, 0.2) is 41.9 Å². The fourth-order valence-electron chi connectivity index (χ4n) is 3.52. The van der Waals surface area contributed by atoms with Gasteiger partial charge in [-0.05, 0) is 18.4 Å². The molecule has 0 bridgehead atoms. The van der Waals surface area contributed by atoms with Crippen molar-refractivity contribution in [3.8, 4) is 0 Å². The number of carbonyl (C=O) groups excluding carboxylic acids is 1. The van der Waals surface area contributed by atoms with Gasteiger partial charge in [0.1, 0.15) is 12.4 Å². The molecule has 0 fully saturated rings. The largest absolute Gasteiger partial charge is 0.328 e. The molecule has 8 nitrogen and oxygen atoms in total. The van der Waals surface area contributed by atoms with E-state index in [2.05, 4.69) is 15.4 Å². The number of benzene rings is 1. The molecular weight excluding hydrogens is 310 g/mol. The van der Waals surface area contributed by atoms with Crippen LogP contribution >= 0.6 is 0 Å². The SMILES string of the molecule is C[C@@H]1CC(=O)C2=C(C1)Nc1ncnn1[C@@H]2c1ccccc1[N+](=O)[O-]. The summed E-state index contributed by atoms with van der Waals surface area (Å²) in [6.07, 6.45) is 2.53. The van der Waals surface area contributed by atoms with Crippen molar-refractivity contribution in [3.05, 3.63) is 57.5 Å². The first-order valence-electron chi connectivity index (χ1n) is 7.72. The number of aromatic nitrogens is 3. The lowest BCUT2D eigenvalue weighted by atomic mass is 9.81. The monoisotopic (exact) mass is 325 g/mol. The van der Waals surface area contributed by atoms with Crippen LogP contribution < -0.4 is 5.32 Å². The Morgan fingerprint density at radius 2 is 2.12 bits per heavy atom. The van der Waals surface area contributed by atoms with Gasteiger partial charge in [-0.2, -0.15) is 10.1 Å². The van der Waals surface area contributed by atoms with Crippen molar-refractivity contribution in [3.63, 3.8) is 0 Å². The van der Waals surface area contributed by atoms with Crippen molar-refractivity contribution in [2.45, 2.75) is 25.8 Å². The highest BCUT2D eigenvalue weighted by Crippen LogP contribution is 2.43. The van der Waals surface area contributed by atoms with Crippen LogP contribution in [0.5, 0.6) is 0 Å². The molecule has 1 aliphatic carbocycles. The molecule has 24 heavy (non-hydrogen) atoms. The molecule has 0 saturated heterocycles. The second-order valence-corrected chi connectivity index (χ2v) is 6.20. The van der Waals surface area contributed by atoms with Crippen molar-refractivity contribution in [2.24, 2.45) is 5.92 Å². The van der Waals surface area contributed by atoms with Crippen LogP contribution in [0.4, 0.5) is 11.6 Å². The highest BCUT2D eigenvalue weighted by atomic mass is 16.6. The quantitative estimate of drug-likeness (QED) is 0.672. The number of ketones is 1. The van der Waals surface area contributed by atoms with Crippen LogP contribution in [0.3, 0.4) is 0 Å². The number of nitrogens with one attached hydrogen (secondary N) is 1. The third-order valence-corrected chi connectivity index (χ3v) is 4.49. The standard InChI is InChI=1S/C16H15N5O3/c1-9-6-11-14(13(22)7-9)15(20-16(19-11)17-8-18-20)10-4-2-3-5-12(10)21(23)24/h2-5,8-9,15H,6-7H2,1H3,(H,17,18,19)/t9-,15+/m0/s1. The van der Waals surface area contributed by atoms with Gasteiger partial charge in [-0.25, -0.2) is 4.68 Å². The predicted octanol–water partition coefficient (Wildman–Crippen LogP) is 2.45. The molecule has 0 unspecified atom stereocenters. The van der Waals surface area contributed by atoms with Gasteiger partial charge in [0, 0.05) is 23.8 Å². The number of hydrogen-bond donors (Lipinski definition) is 1. The molecule has 2 aliphatic rings. The summed E-state index contributed by atoms with van der Waals surface area (Å²) in [5.41, 5.74) is 1.78. The van der Waals surface area contributed by atoms with Gasteiger partial charge in [0.15, 0.2) is 5.78 Å². The number of anilines is 1. The van der Waals surface area contributed by atoms with Gasteiger partial charge >= 0.3 is 0 Å². The summed E-state index contributed by atoms with van der Waals surface area (Å²) < 4.78 is 1.55. The minimum Gasteiger partial charge on any atom is -0.328 e. The van der Waals surface area contributed by atoms with E-state index in [1.165, 1.54) is 12.4 Å². The number of fused-ring (bicyclic) bond motifs is 1. The average Bonchev–Trinajstić information content (AvgIpc) is 3.00. The number of Topliss-reactive ketones (excluding diaryl/α,β-unsaturated/α-hetero) is 1. The Bertz CT molecular complexity index is 885. The Balaban J connectivity index is 1.96. The molecule has 2 aromatic rings. The van der Waals surface area contributed by atoms with E-state index in [1.807, 2.05) is 6.92 Å². The van der Waals surface area contributed by atoms with Crippen LogP contribution in [0, 0.1) is 16.0 Å². The number of carbonyl (C=O) groups is 1. The maximum Gasteiger partial charge on any atom is 0.275 e. The molecule has 0 saturated carbocycles. The molecule has 0 spiro atoms. The molecule has 1 N–H and O–H groups in total. The Kier molecular flexibility index (Phi) is 3.19. The number of hydrogen-bond acceptors (Lipinski definition) is 6. The predicted molar refractivity (Wildman–Crippen MR) is 85.3 cm³/mol. The van der Waals surface area contributed by atoms with Crippen LogP contribution in [0.1, 0.15) is 31.4 Å². The first kappa shape index (κ1) is 14.6. The van der Waals surface area contributed by atoms with E-state index >= 15 is 0 Å². The summed E-state index contributed by atoms with van der Waals surface area (Å²) in [5, 5.41) is 18.8. The van der Waals surface area contributed by atoms with Gasteiger partial charge in [0.05, 0.1) is 10.5 Å². The van der Waals surface area contributed by atoms with E-state index in [0.29, 0.717) is 29.9 Å². The summed E-state index contributed by atoms with van der Waals surface area (Å²) in [5.74, 6) is 0.726. The van der Waals surface area contributed by atoms with Crippen LogP contribution in [-0.2, 0) is 4.79 Å². The highest BCUT2D eigenvalue weighted by molar-refractivity contribution is 5.99. The van der Waals surface area contributed by atoms with Crippen molar-refractivity contribution < 1.29 is 9.72 Å². The van der Waals surface area contributed by atoms with Gasteiger partial charge in [0.25, 0.3) is 5.69 Å². The minimum absolute atomic E-state index is 0.000510. The van der Waals surface area contributed by atoms with Crippen LogP contribution in [0.2, 0.25) is 0 Å². The van der Waals surface area contributed by atoms with E-state index in [4.69, 9.17) is 0 Å². The van der Waals surface area contributed by atoms with Crippen molar-refractivity contribution in [2.75, 3.05) is 5.32 Å². The Hall–Kier alpha value is -3.03. The van der Waals surface area contributed by atoms with Crippen molar-refractivity contribution in [1.29, 1.82) is 0 Å². The third kappa shape index (κ3) is 2.10. The molecule has 4 rings (SSSR count). The molecule has 2 atom stereocenters. The zero-order chi connectivity index (χ0) is 16.8. The molecule has 2 heterocycles. The average molecular weight is 325 g/mol. The van der Waals surface area contributed by atoms with Crippen molar-refractivity contribution >= 4 is 17.4 Å². The number of nitrogens with zero attached hydrogens (tertiary/aromatic N) is 4. The molecule has 122 valence electrons. The Morgan fingerprint density at radius 3 is 2.92 bits per heavy atom. The molecule has 0 radical (unpaired) electrons. The Morgan fingerprint density at radius 1 is 1.33 bits per heavy atom. The van der Waals surface area contributed by atoms with Gasteiger partial charge in [-0.15, -0.1) is 0 Å². The van der Waals surface area contributed by atoms with E-state index in [0.717, 1.165) is 5.70 Å². The lowest BCUT2D eigenvalue weighted by Crippen LogP contribution is -2.33. The minimum atomic E-state index is -0.625. The van der Waals surface area contributed by atoms with E-state index in [1.54, 1.807) is 22.9 Å². The smallest absolute Gasteiger partial charge is 0.275 e. The highest BCUT2D eigenvalue weighted by Gasteiger charge is 2.40. The number of rotatable bonds is 2. The van der Waals surface area contributed by atoms with Gasteiger partial charge in [-0.1, -0.05) is 19.1 Å². The maximum atomic E-state index is 12.7. The molecule has 1 aromatic heterocycles. The van der Waals surface area contributed by atoms with Crippen molar-refractivity contribution in [1.82, 2.24) is 14.8 Å². The zero-order valence-electron chi connectivity index (χ0n) is 13.0. The number of nitro benzene ring substituents is 1. The van der Waals surface area contributed by atoms with Gasteiger partial charge in [-0.3, -0.25) is 14.9 Å². The summed E-state index contributed by atoms with van der Waals surface area (Å²) in [6, 6.07) is 5.85. The maximum absolute atomic E-state index is 12.7. The second-order valence-electron chi connectivity index (χ2n) is 6.20. The summed E-state index contributed by atoms with van der Waals surface area (Å²) in [7, 11) is 0. The van der Waals surface area contributed by atoms with E-state index in [9.17, 15) is 14.9 Å². The Labute approximate surface area is 137 Å². The first-order valence-corrected chi connectivity index (χ1v) is 7.72. The van der Waals surface area contributed by atoms with Gasteiger partial charge in [0.2, 0.25) is 5.95 Å². The fraction of sp³-hybridized carbons (Fsp3) is 0.312. The number of nitro groups is 1. The van der Waals surface area contributed by atoms with Crippen LogP contribution in [0.25, 0.3) is 0 Å². The van der Waals surface area contributed by atoms with E-state index < -0.39 is 11.0 Å². The summed E-state index contributed by atoms with van der Waals surface area (Å²) >= 11 is 0.